The minimum Gasteiger partial charge on any atom is -0.480 e. The molecule has 1 saturated carbocycles. The first-order valence-electron chi connectivity index (χ1n) is 8.26. The molecule has 22 heavy (non-hydrogen) atoms. The van der Waals surface area contributed by atoms with Gasteiger partial charge in [-0.25, -0.2) is 4.79 Å². The van der Waals surface area contributed by atoms with Gasteiger partial charge in [0.2, 0.25) is 0 Å². The zero-order valence-corrected chi connectivity index (χ0v) is 13.3. The first kappa shape index (κ1) is 16.8. The number of amides is 2. The predicted molar refractivity (Wildman–Crippen MR) is 84.8 cm³/mol. The fraction of sp³-hybridized carbons (Fsp3) is 0.750. The smallest absolute Gasteiger partial charge is 0.317 e. The number of hydrogen-bond donors (Lipinski definition) is 3. The van der Waals surface area contributed by atoms with Crippen LogP contribution in [0.3, 0.4) is 0 Å². The summed E-state index contributed by atoms with van der Waals surface area (Å²) in [5.41, 5.74) is 1.33. The van der Waals surface area contributed by atoms with Gasteiger partial charge in [0.25, 0.3) is 0 Å². The Hall–Kier alpha value is -1.56. The molecule has 0 aliphatic heterocycles. The molecule has 6 heteroatoms. The Balaban J connectivity index is 1.63. The Kier molecular flexibility index (Phi) is 6.24. The number of urea groups is 1. The molecule has 0 atom stereocenters. The number of hydrogen-bond acceptors (Lipinski definition) is 3. The van der Waals surface area contributed by atoms with Gasteiger partial charge in [-0.1, -0.05) is 18.6 Å². The van der Waals surface area contributed by atoms with E-state index in [1.807, 2.05) is 11.8 Å². The molecule has 2 rings (SSSR count). The molecule has 0 aromatic heterocycles. The number of allylic oxidation sites excluding steroid dienone is 1. The van der Waals surface area contributed by atoms with Crippen molar-refractivity contribution in [2.75, 3.05) is 19.6 Å². The van der Waals surface area contributed by atoms with Crippen molar-refractivity contribution >= 4 is 12.0 Å². The van der Waals surface area contributed by atoms with E-state index in [9.17, 15) is 9.59 Å². The van der Waals surface area contributed by atoms with E-state index < -0.39 is 5.97 Å². The van der Waals surface area contributed by atoms with E-state index in [1.54, 1.807) is 0 Å². The van der Waals surface area contributed by atoms with Crippen LogP contribution in [0.1, 0.15) is 45.4 Å². The van der Waals surface area contributed by atoms with Crippen molar-refractivity contribution < 1.29 is 14.7 Å². The molecule has 0 radical (unpaired) electrons. The average molecular weight is 309 g/mol. The summed E-state index contributed by atoms with van der Waals surface area (Å²) in [5, 5.41) is 14.7. The molecule has 0 spiro atoms. The summed E-state index contributed by atoms with van der Waals surface area (Å²) in [6, 6.07) is 0.317. The van der Waals surface area contributed by atoms with Crippen molar-refractivity contribution in [1.29, 1.82) is 0 Å². The van der Waals surface area contributed by atoms with Gasteiger partial charge in [0.15, 0.2) is 0 Å². The van der Waals surface area contributed by atoms with Crippen molar-refractivity contribution in [1.82, 2.24) is 15.5 Å². The third kappa shape index (κ3) is 5.02. The highest BCUT2D eigenvalue weighted by Crippen LogP contribution is 2.25. The van der Waals surface area contributed by atoms with Crippen molar-refractivity contribution in [3.8, 4) is 0 Å². The van der Waals surface area contributed by atoms with Gasteiger partial charge in [-0.2, -0.15) is 0 Å². The van der Waals surface area contributed by atoms with E-state index in [-0.39, 0.29) is 24.7 Å². The summed E-state index contributed by atoms with van der Waals surface area (Å²) >= 11 is 0. The van der Waals surface area contributed by atoms with Crippen molar-refractivity contribution in [3.05, 3.63) is 11.6 Å². The SMILES string of the molecule is CCN(CC(=O)O)C1CC(NC(=O)NCC2=CCCCC2)C1. The fourth-order valence-electron chi connectivity index (χ4n) is 3.17. The molecule has 0 aromatic rings. The molecular formula is C16H27N3O3. The van der Waals surface area contributed by atoms with Crippen LogP contribution in [0.15, 0.2) is 11.6 Å². The molecule has 0 saturated heterocycles. The normalized spacial score (nSPS) is 24.4. The number of rotatable bonds is 7. The molecule has 1 fully saturated rings. The largest absolute Gasteiger partial charge is 0.480 e. The van der Waals surface area contributed by atoms with E-state index in [0.717, 1.165) is 32.2 Å². The van der Waals surface area contributed by atoms with Crippen molar-refractivity contribution in [3.63, 3.8) is 0 Å². The van der Waals surface area contributed by atoms with E-state index in [1.165, 1.54) is 18.4 Å². The lowest BCUT2D eigenvalue weighted by Gasteiger charge is -2.42. The zero-order valence-electron chi connectivity index (χ0n) is 13.3. The van der Waals surface area contributed by atoms with Crippen LogP contribution >= 0.6 is 0 Å². The zero-order chi connectivity index (χ0) is 15.9. The number of nitrogens with zero attached hydrogens (tertiary/aromatic N) is 1. The quantitative estimate of drug-likeness (QED) is 0.626. The van der Waals surface area contributed by atoms with Gasteiger partial charge in [0.05, 0.1) is 6.54 Å². The predicted octanol–water partition coefficient (Wildman–Crippen LogP) is 1.72. The van der Waals surface area contributed by atoms with Gasteiger partial charge in [-0.3, -0.25) is 9.69 Å². The first-order chi connectivity index (χ1) is 10.6. The second kappa shape index (κ2) is 8.17. The van der Waals surface area contributed by atoms with Crippen molar-refractivity contribution in [2.45, 2.75) is 57.5 Å². The number of carbonyl (C=O) groups excluding carboxylic acids is 1. The number of aliphatic carboxylic acids is 1. The molecule has 2 aliphatic carbocycles. The fourth-order valence-corrected chi connectivity index (χ4v) is 3.17. The van der Waals surface area contributed by atoms with Gasteiger partial charge >= 0.3 is 12.0 Å². The summed E-state index contributed by atoms with van der Waals surface area (Å²) in [7, 11) is 0. The summed E-state index contributed by atoms with van der Waals surface area (Å²) in [6.07, 6.45) is 8.58. The number of likely N-dealkylation sites (N-methyl/N-ethyl adjacent to an activating group) is 1. The molecule has 0 heterocycles. The molecule has 6 nitrogen and oxygen atoms in total. The van der Waals surface area contributed by atoms with Gasteiger partial charge in [-0.05, 0) is 45.1 Å². The summed E-state index contributed by atoms with van der Waals surface area (Å²) < 4.78 is 0. The minimum atomic E-state index is -0.795. The monoisotopic (exact) mass is 309 g/mol. The first-order valence-corrected chi connectivity index (χ1v) is 8.26. The molecule has 3 N–H and O–H groups in total. The standard InChI is InChI=1S/C16H27N3O3/c1-2-19(11-15(20)21)14-8-13(9-14)18-16(22)17-10-12-6-4-3-5-7-12/h6,13-14H,2-5,7-11H2,1H3,(H,20,21)(H2,17,18,22). The number of carboxylic acid groups (broad SMARTS) is 1. The Morgan fingerprint density at radius 3 is 2.73 bits per heavy atom. The van der Waals surface area contributed by atoms with E-state index in [2.05, 4.69) is 16.7 Å². The second-order valence-corrected chi connectivity index (χ2v) is 6.21. The maximum Gasteiger partial charge on any atom is 0.317 e. The van der Waals surface area contributed by atoms with Crippen LogP contribution in [0.2, 0.25) is 0 Å². The topological polar surface area (TPSA) is 81.7 Å². The lowest BCUT2D eigenvalue weighted by molar-refractivity contribution is -0.139. The number of nitrogens with one attached hydrogen (secondary N) is 2. The lowest BCUT2D eigenvalue weighted by Crippen LogP contribution is -2.56. The Morgan fingerprint density at radius 1 is 1.36 bits per heavy atom. The van der Waals surface area contributed by atoms with E-state index >= 15 is 0 Å². The maximum absolute atomic E-state index is 11.9. The van der Waals surface area contributed by atoms with Crippen LogP contribution in [-0.4, -0.2) is 53.7 Å². The molecule has 0 unspecified atom stereocenters. The highest BCUT2D eigenvalue weighted by molar-refractivity contribution is 5.74. The lowest BCUT2D eigenvalue weighted by atomic mass is 9.85. The third-order valence-electron chi connectivity index (χ3n) is 4.57. The van der Waals surface area contributed by atoms with Crippen LogP contribution in [0, 0.1) is 0 Å². The van der Waals surface area contributed by atoms with Crippen LogP contribution in [0.4, 0.5) is 4.79 Å². The Bertz CT molecular complexity index is 430. The van der Waals surface area contributed by atoms with Crippen molar-refractivity contribution in [2.24, 2.45) is 0 Å². The highest BCUT2D eigenvalue weighted by atomic mass is 16.4. The molecule has 0 bridgehead atoms. The molecule has 124 valence electrons. The van der Waals surface area contributed by atoms with Gasteiger partial charge < -0.3 is 15.7 Å². The van der Waals surface area contributed by atoms with E-state index in [4.69, 9.17) is 5.11 Å². The number of carboxylic acids is 1. The van der Waals surface area contributed by atoms with Gasteiger partial charge in [0.1, 0.15) is 0 Å². The van der Waals surface area contributed by atoms with Crippen LogP contribution in [0.25, 0.3) is 0 Å². The van der Waals surface area contributed by atoms with Gasteiger partial charge in [-0.15, -0.1) is 0 Å². The molecule has 2 amide bonds. The Labute approximate surface area is 131 Å². The third-order valence-corrected chi connectivity index (χ3v) is 4.57. The van der Waals surface area contributed by atoms with Crippen LogP contribution in [-0.2, 0) is 4.79 Å². The van der Waals surface area contributed by atoms with E-state index in [0.29, 0.717) is 6.54 Å². The maximum atomic E-state index is 11.9. The minimum absolute atomic E-state index is 0.0776. The number of carbonyl (C=O) groups is 2. The van der Waals surface area contributed by atoms with Crippen LogP contribution in [0.5, 0.6) is 0 Å². The molecular weight excluding hydrogens is 282 g/mol. The molecule has 0 aromatic carbocycles. The highest BCUT2D eigenvalue weighted by Gasteiger charge is 2.34. The van der Waals surface area contributed by atoms with Crippen LogP contribution < -0.4 is 10.6 Å². The molecule has 2 aliphatic rings. The average Bonchev–Trinajstić information content (AvgIpc) is 2.47. The summed E-state index contributed by atoms with van der Waals surface area (Å²) in [6.45, 7) is 3.41. The summed E-state index contributed by atoms with van der Waals surface area (Å²) in [5.74, 6) is -0.795. The Morgan fingerprint density at radius 2 is 2.14 bits per heavy atom. The summed E-state index contributed by atoms with van der Waals surface area (Å²) in [4.78, 5) is 24.6. The second-order valence-electron chi connectivity index (χ2n) is 6.21. The van der Waals surface area contributed by atoms with Gasteiger partial charge in [0, 0.05) is 18.6 Å².